The van der Waals surface area contributed by atoms with Gasteiger partial charge in [0.1, 0.15) is 12.4 Å². The summed E-state index contributed by atoms with van der Waals surface area (Å²) in [6, 6.07) is 14.0. The van der Waals surface area contributed by atoms with Crippen molar-refractivity contribution in [1.29, 1.82) is 0 Å². The van der Waals surface area contributed by atoms with Gasteiger partial charge in [0.15, 0.2) is 15.0 Å². The first-order valence-corrected chi connectivity index (χ1v) is 11.8. The number of aromatic nitrogens is 1. The minimum Gasteiger partial charge on any atom is -0.487 e. The molecule has 0 unspecified atom stereocenters. The average Bonchev–Trinajstić information content (AvgIpc) is 3.14. The summed E-state index contributed by atoms with van der Waals surface area (Å²) >= 11 is 1.38. The number of hydrogen-bond acceptors (Lipinski definition) is 6. The van der Waals surface area contributed by atoms with Gasteiger partial charge in [0.05, 0.1) is 16.3 Å². The lowest BCUT2D eigenvalue weighted by Crippen LogP contribution is -2.23. The van der Waals surface area contributed by atoms with Gasteiger partial charge in [0, 0.05) is 18.6 Å². The molecule has 0 spiro atoms. The van der Waals surface area contributed by atoms with Crippen molar-refractivity contribution in [2.75, 3.05) is 11.2 Å². The van der Waals surface area contributed by atoms with Crippen molar-refractivity contribution in [3.05, 3.63) is 65.2 Å². The quantitative estimate of drug-likeness (QED) is 0.556. The highest BCUT2D eigenvalue weighted by Gasteiger charge is 2.20. The molecule has 152 valence electrons. The summed E-state index contributed by atoms with van der Waals surface area (Å²) in [6.07, 6.45) is 1.97. The molecular weight excluding hydrogens is 408 g/mol. The van der Waals surface area contributed by atoms with Crippen molar-refractivity contribution >= 4 is 37.9 Å². The highest BCUT2D eigenvalue weighted by Crippen LogP contribution is 2.32. The number of sulfone groups is 1. The summed E-state index contributed by atoms with van der Waals surface area (Å²) in [4.78, 5) is 18.7. The zero-order chi connectivity index (χ0) is 21.0. The number of ether oxygens (including phenoxy) is 1. The lowest BCUT2D eigenvalue weighted by molar-refractivity contribution is -0.115. The second kappa shape index (κ2) is 8.75. The molecule has 8 heteroatoms. The minimum absolute atomic E-state index is 0.107. The summed E-state index contributed by atoms with van der Waals surface area (Å²) < 4.78 is 28.8. The predicted octanol–water partition coefficient (Wildman–Crippen LogP) is 4.37. The van der Waals surface area contributed by atoms with Crippen LogP contribution in [0.3, 0.4) is 0 Å². The molecule has 0 radical (unpaired) electrons. The zero-order valence-corrected chi connectivity index (χ0v) is 18.1. The molecule has 0 aliphatic carbocycles. The second-order valence-corrected chi connectivity index (χ2v) is 9.34. The first-order valence-electron chi connectivity index (χ1n) is 9.05. The van der Waals surface area contributed by atoms with Gasteiger partial charge in [-0.15, -0.1) is 11.3 Å². The molecule has 1 heterocycles. The molecule has 3 aromatic rings. The van der Waals surface area contributed by atoms with E-state index in [9.17, 15) is 13.2 Å². The first kappa shape index (κ1) is 21.0. The van der Waals surface area contributed by atoms with E-state index in [1.165, 1.54) is 30.4 Å². The molecule has 0 atom stereocenters. The van der Waals surface area contributed by atoms with Gasteiger partial charge in [-0.25, -0.2) is 13.4 Å². The Kier molecular flexibility index (Phi) is 6.34. The summed E-state index contributed by atoms with van der Waals surface area (Å²) in [7, 11) is -3.24. The number of thiazole rings is 1. The largest absolute Gasteiger partial charge is 0.487 e. The summed E-state index contributed by atoms with van der Waals surface area (Å²) in [5, 5.41) is 2.44. The van der Waals surface area contributed by atoms with Gasteiger partial charge < -0.3 is 4.74 Å². The van der Waals surface area contributed by atoms with Gasteiger partial charge in [0.25, 0.3) is 0 Å². The van der Waals surface area contributed by atoms with Crippen LogP contribution in [-0.2, 0) is 27.7 Å². The Labute approximate surface area is 174 Å². The highest BCUT2D eigenvalue weighted by molar-refractivity contribution is 7.90. The van der Waals surface area contributed by atoms with E-state index in [2.05, 4.69) is 4.98 Å². The SMILES string of the molecule is CCc1ccccc1N(C(C)=O)c1nc(COc2ccc(S(C)(=O)=O)cc2)cs1. The lowest BCUT2D eigenvalue weighted by Gasteiger charge is -2.20. The van der Waals surface area contributed by atoms with Crippen LogP contribution in [0.4, 0.5) is 10.8 Å². The summed E-state index contributed by atoms with van der Waals surface area (Å²) in [5.74, 6) is 0.441. The number of para-hydroxylation sites is 1. The minimum atomic E-state index is -3.24. The normalized spacial score (nSPS) is 11.3. The molecule has 1 aromatic heterocycles. The van der Waals surface area contributed by atoms with E-state index in [1.807, 2.05) is 36.6 Å². The molecular formula is C21H22N2O4S2. The third-order valence-electron chi connectivity index (χ3n) is 4.30. The Balaban J connectivity index is 1.76. The van der Waals surface area contributed by atoms with E-state index in [4.69, 9.17) is 4.74 Å². The Morgan fingerprint density at radius 3 is 2.45 bits per heavy atom. The fourth-order valence-corrected chi connectivity index (χ4v) is 4.34. The van der Waals surface area contributed by atoms with Crippen LogP contribution < -0.4 is 9.64 Å². The smallest absolute Gasteiger partial charge is 0.230 e. The van der Waals surface area contributed by atoms with Crippen molar-refractivity contribution in [2.45, 2.75) is 31.8 Å². The number of aryl methyl sites for hydroxylation is 1. The Morgan fingerprint density at radius 2 is 1.83 bits per heavy atom. The fourth-order valence-electron chi connectivity index (χ4n) is 2.84. The molecule has 2 aromatic carbocycles. The zero-order valence-electron chi connectivity index (χ0n) is 16.5. The van der Waals surface area contributed by atoms with E-state index < -0.39 is 9.84 Å². The van der Waals surface area contributed by atoms with E-state index >= 15 is 0 Å². The maximum Gasteiger partial charge on any atom is 0.230 e. The van der Waals surface area contributed by atoms with E-state index in [-0.39, 0.29) is 17.4 Å². The topological polar surface area (TPSA) is 76.6 Å². The van der Waals surface area contributed by atoms with E-state index in [0.29, 0.717) is 16.6 Å². The molecule has 29 heavy (non-hydrogen) atoms. The van der Waals surface area contributed by atoms with Crippen molar-refractivity contribution in [1.82, 2.24) is 4.98 Å². The second-order valence-electron chi connectivity index (χ2n) is 6.49. The fraction of sp³-hybridized carbons (Fsp3) is 0.238. The maximum absolute atomic E-state index is 12.3. The maximum atomic E-state index is 12.3. The third kappa shape index (κ3) is 5.02. The van der Waals surface area contributed by atoms with Crippen LogP contribution in [0.1, 0.15) is 25.1 Å². The van der Waals surface area contributed by atoms with Crippen LogP contribution in [-0.4, -0.2) is 25.6 Å². The van der Waals surface area contributed by atoms with Gasteiger partial charge in [-0.2, -0.15) is 0 Å². The number of benzene rings is 2. The van der Waals surface area contributed by atoms with Crippen LogP contribution in [0.25, 0.3) is 0 Å². The molecule has 3 rings (SSSR count). The number of carbonyl (C=O) groups is 1. The molecule has 0 aliphatic rings. The molecule has 0 saturated carbocycles. The lowest BCUT2D eigenvalue weighted by atomic mass is 10.1. The number of anilines is 2. The third-order valence-corrected chi connectivity index (χ3v) is 6.30. The molecule has 0 N–H and O–H groups in total. The molecule has 6 nitrogen and oxygen atoms in total. The van der Waals surface area contributed by atoms with Crippen molar-refractivity contribution in [3.63, 3.8) is 0 Å². The molecule has 0 aliphatic heterocycles. The van der Waals surface area contributed by atoms with Gasteiger partial charge in [-0.05, 0) is 42.3 Å². The summed E-state index contributed by atoms with van der Waals surface area (Å²) in [6.45, 7) is 3.79. The van der Waals surface area contributed by atoms with Crippen LogP contribution >= 0.6 is 11.3 Å². The highest BCUT2D eigenvalue weighted by atomic mass is 32.2. The first-order chi connectivity index (χ1) is 13.8. The Bertz CT molecular complexity index is 1110. The summed E-state index contributed by atoms with van der Waals surface area (Å²) in [5.41, 5.74) is 2.60. The van der Waals surface area contributed by atoms with Gasteiger partial charge in [0.2, 0.25) is 5.91 Å². The van der Waals surface area contributed by atoms with Gasteiger partial charge >= 0.3 is 0 Å². The van der Waals surface area contributed by atoms with E-state index in [0.717, 1.165) is 23.9 Å². The van der Waals surface area contributed by atoms with Crippen molar-refractivity contribution in [2.24, 2.45) is 0 Å². The number of amides is 1. The molecule has 0 fully saturated rings. The van der Waals surface area contributed by atoms with Crippen LogP contribution in [0, 0.1) is 0 Å². The van der Waals surface area contributed by atoms with Crippen LogP contribution in [0.2, 0.25) is 0 Å². The molecule has 1 amide bonds. The number of carbonyl (C=O) groups excluding carboxylic acids is 1. The van der Waals surface area contributed by atoms with Crippen molar-refractivity contribution in [3.8, 4) is 5.75 Å². The van der Waals surface area contributed by atoms with Crippen LogP contribution in [0.5, 0.6) is 5.75 Å². The molecule has 0 saturated heterocycles. The standard InChI is InChI=1S/C21H22N2O4S2/c1-4-16-7-5-6-8-20(16)23(15(2)24)21-22-17(14-28-21)13-27-18-9-11-19(12-10-18)29(3,25)26/h5-12,14H,4,13H2,1-3H3. The number of rotatable bonds is 7. The van der Waals surface area contributed by atoms with E-state index in [1.54, 1.807) is 17.0 Å². The number of nitrogens with zero attached hydrogens (tertiary/aromatic N) is 2. The Hall–Kier alpha value is -2.71. The molecule has 0 bridgehead atoms. The predicted molar refractivity (Wildman–Crippen MR) is 115 cm³/mol. The average molecular weight is 431 g/mol. The monoisotopic (exact) mass is 430 g/mol. The number of hydrogen-bond donors (Lipinski definition) is 0. The van der Waals surface area contributed by atoms with Gasteiger partial charge in [-0.3, -0.25) is 9.69 Å². The van der Waals surface area contributed by atoms with Crippen LogP contribution in [0.15, 0.2) is 58.8 Å². The van der Waals surface area contributed by atoms with Crippen molar-refractivity contribution < 1.29 is 17.9 Å². The van der Waals surface area contributed by atoms with Gasteiger partial charge in [-0.1, -0.05) is 25.1 Å². The Morgan fingerprint density at radius 1 is 1.14 bits per heavy atom.